The molecule has 0 bridgehead atoms. The van der Waals surface area contributed by atoms with Crippen LogP contribution in [0.4, 0.5) is 17.3 Å². The zero-order valence-corrected chi connectivity index (χ0v) is 14.4. The van der Waals surface area contributed by atoms with Gasteiger partial charge in [0, 0.05) is 44.9 Å². The van der Waals surface area contributed by atoms with Gasteiger partial charge in [-0.1, -0.05) is 12.1 Å². The zero-order chi connectivity index (χ0) is 17.1. The van der Waals surface area contributed by atoms with E-state index in [9.17, 15) is 4.79 Å². The average Bonchev–Trinajstić information content (AvgIpc) is 2.54. The minimum Gasteiger partial charge on any atom is -0.353 e. The van der Waals surface area contributed by atoms with Gasteiger partial charge in [0.2, 0.25) is 5.91 Å². The summed E-state index contributed by atoms with van der Waals surface area (Å²) in [4.78, 5) is 24.6. The normalized spacial score (nSPS) is 14.6. The summed E-state index contributed by atoms with van der Waals surface area (Å²) in [5.41, 5.74) is 2.21. The van der Waals surface area contributed by atoms with E-state index in [1.807, 2.05) is 30.0 Å². The molecule has 0 unspecified atom stereocenters. The molecule has 2 heterocycles. The molecule has 1 saturated heterocycles. The van der Waals surface area contributed by atoms with E-state index in [-0.39, 0.29) is 5.91 Å². The number of rotatable bonds is 3. The predicted molar refractivity (Wildman–Crippen MR) is 95.7 cm³/mol. The summed E-state index contributed by atoms with van der Waals surface area (Å²) in [5, 5.41) is 3.35. The minimum absolute atomic E-state index is 0.135. The molecule has 1 fully saturated rings. The number of hydrogen-bond acceptors (Lipinski definition) is 5. The predicted octanol–water partition coefficient (Wildman–Crippen LogP) is 2.51. The van der Waals surface area contributed by atoms with Gasteiger partial charge >= 0.3 is 0 Å². The molecule has 0 saturated carbocycles. The number of benzene rings is 1. The molecule has 126 valence electrons. The van der Waals surface area contributed by atoms with Crippen LogP contribution in [0.3, 0.4) is 0 Å². The molecular formula is C18H23N5O. The first-order chi connectivity index (χ1) is 11.5. The van der Waals surface area contributed by atoms with Crippen LogP contribution in [0.15, 0.2) is 30.3 Å². The summed E-state index contributed by atoms with van der Waals surface area (Å²) >= 11 is 0. The van der Waals surface area contributed by atoms with Crippen LogP contribution in [-0.2, 0) is 4.79 Å². The number of piperazine rings is 1. The van der Waals surface area contributed by atoms with Crippen LogP contribution in [0.25, 0.3) is 0 Å². The van der Waals surface area contributed by atoms with Gasteiger partial charge in [0.05, 0.1) is 0 Å². The second-order valence-electron chi connectivity index (χ2n) is 6.15. The van der Waals surface area contributed by atoms with E-state index in [0.29, 0.717) is 0 Å². The number of hydrogen-bond donors (Lipinski definition) is 1. The average molecular weight is 325 g/mol. The van der Waals surface area contributed by atoms with Crippen molar-refractivity contribution in [1.82, 2.24) is 14.9 Å². The number of nitrogens with one attached hydrogen (secondary N) is 1. The molecule has 0 spiro atoms. The van der Waals surface area contributed by atoms with Crippen LogP contribution in [-0.4, -0.2) is 47.0 Å². The van der Waals surface area contributed by atoms with Gasteiger partial charge in [-0.05, 0) is 31.5 Å². The Morgan fingerprint density at radius 3 is 2.50 bits per heavy atom. The van der Waals surface area contributed by atoms with Crippen LogP contribution < -0.4 is 10.2 Å². The van der Waals surface area contributed by atoms with Gasteiger partial charge in [-0.25, -0.2) is 9.97 Å². The fourth-order valence-corrected chi connectivity index (χ4v) is 2.90. The molecule has 1 N–H and O–H groups in total. The van der Waals surface area contributed by atoms with E-state index in [1.54, 1.807) is 6.92 Å². The maximum atomic E-state index is 11.5. The van der Waals surface area contributed by atoms with E-state index >= 15 is 0 Å². The highest BCUT2D eigenvalue weighted by Gasteiger charge is 2.20. The Bertz CT molecular complexity index is 738. The third kappa shape index (κ3) is 3.82. The van der Waals surface area contributed by atoms with Gasteiger partial charge < -0.3 is 15.1 Å². The lowest BCUT2D eigenvalue weighted by molar-refractivity contribution is -0.129. The van der Waals surface area contributed by atoms with Gasteiger partial charge in [-0.2, -0.15) is 0 Å². The third-order valence-corrected chi connectivity index (χ3v) is 4.16. The molecule has 6 heteroatoms. The van der Waals surface area contributed by atoms with Gasteiger partial charge in [-0.3, -0.25) is 4.79 Å². The van der Waals surface area contributed by atoms with E-state index in [0.717, 1.165) is 49.3 Å². The zero-order valence-electron chi connectivity index (χ0n) is 14.4. The monoisotopic (exact) mass is 325 g/mol. The van der Waals surface area contributed by atoms with Crippen LogP contribution in [0.5, 0.6) is 0 Å². The molecule has 1 amide bonds. The number of anilines is 3. The van der Waals surface area contributed by atoms with E-state index in [2.05, 4.69) is 39.2 Å². The van der Waals surface area contributed by atoms with Crippen molar-refractivity contribution in [1.29, 1.82) is 0 Å². The Morgan fingerprint density at radius 2 is 1.83 bits per heavy atom. The number of carbonyl (C=O) groups excluding carboxylic acids is 1. The fourth-order valence-electron chi connectivity index (χ4n) is 2.90. The van der Waals surface area contributed by atoms with Crippen LogP contribution >= 0.6 is 0 Å². The van der Waals surface area contributed by atoms with E-state index in [1.165, 1.54) is 5.56 Å². The van der Waals surface area contributed by atoms with Crippen molar-refractivity contribution in [3.63, 3.8) is 0 Å². The first kappa shape index (κ1) is 16.2. The van der Waals surface area contributed by atoms with E-state index in [4.69, 9.17) is 0 Å². The Hall–Kier alpha value is -2.63. The van der Waals surface area contributed by atoms with Crippen molar-refractivity contribution in [3.05, 3.63) is 41.7 Å². The van der Waals surface area contributed by atoms with Crippen molar-refractivity contribution in [3.8, 4) is 0 Å². The van der Waals surface area contributed by atoms with Crippen LogP contribution in [0.1, 0.15) is 18.3 Å². The molecule has 3 rings (SSSR count). The highest BCUT2D eigenvalue weighted by atomic mass is 16.2. The largest absolute Gasteiger partial charge is 0.353 e. The van der Waals surface area contributed by atoms with Crippen LogP contribution in [0, 0.1) is 13.8 Å². The summed E-state index contributed by atoms with van der Waals surface area (Å²) in [6, 6.07) is 10.2. The van der Waals surface area contributed by atoms with Crippen LogP contribution in [0.2, 0.25) is 0 Å². The first-order valence-electron chi connectivity index (χ1n) is 8.21. The second-order valence-corrected chi connectivity index (χ2v) is 6.15. The topological polar surface area (TPSA) is 61.4 Å². The van der Waals surface area contributed by atoms with Gasteiger partial charge in [0.25, 0.3) is 0 Å². The Kier molecular flexibility index (Phi) is 4.64. The summed E-state index contributed by atoms with van der Waals surface area (Å²) in [5.74, 6) is 2.56. The number of aryl methyl sites for hydroxylation is 2. The minimum atomic E-state index is 0.135. The lowest BCUT2D eigenvalue weighted by Gasteiger charge is -2.35. The molecule has 0 aliphatic carbocycles. The lowest BCUT2D eigenvalue weighted by Crippen LogP contribution is -2.48. The fraction of sp³-hybridized carbons (Fsp3) is 0.389. The highest BCUT2D eigenvalue weighted by molar-refractivity contribution is 5.73. The molecular weight excluding hydrogens is 302 g/mol. The Balaban J connectivity index is 1.76. The van der Waals surface area contributed by atoms with Gasteiger partial charge in [-0.15, -0.1) is 0 Å². The standard InChI is InChI=1S/C18H23N5O/c1-13-5-4-6-16(11-13)21-17-12-18(20-14(2)19-17)23-9-7-22(8-10-23)15(3)24/h4-6,11-12H,7-10H2,1-3H3,(H,19,20,21). The number of nitrogens with zero attached hydrogens (tertiary/aromatic N) is 4. The molecule has 1 aromatic carbocycles. The van der Waals surface area contributed by atoms with Crippen molar-refractivity contribution in [2.24, 2.45) is 0 Å². The number of carbonyl (C=O) groups is 1. The quantitative estimate of drug-likeness (QED) is 0.939. The molecule has 0 atom stereocenters. The lowest BCUT2D eigenvalue weighted by atomic mass is 10.2. The van der Waals surface area contributed by atoms with Gasteiger partial charge in [0.15, 0.2) is 0 Å². The maximum Gasteiger partial charge on any atom is 0.219 e. The molecule has 2 aromatic rings. The molecule has 1 aliphatic heterocycles. The summed E-state index contributed by atoms with van der Waals surface area (Å²) in [6.45, 7) is 8.64. The molecule has 24 heavy (non-hydrogen) atoms. The Labute approximate surface area is 142 Å². The molecule has 6 nitrogen and oxygen atoms in total. The van der Waals surface area contributed by atoms with Gasteiger partial charge in [0.1, 0.15) is 17.5 Å². The van der Waals surface area contributed by atoms with Crippen molar-refractivity contribution in [2.45, 2.75) is 20.8 Å². The maximum absolute atomic E-state index is 11.5. The van der Waals surface area contributed by atoms with E-state index < -0.39 is 0 Å². The molecule has 1 aromatic heterocycles. The second kappa shape index (κ2) is 6.86. The van der Waals surface area contributed by atoms with Crippen molar-refractivity contribution in [2.75, 3.05) is 36.4 Å². The number of amides is 1. The third-order valence-electron chi connectivity index (χ3n) is 4.16. The highest BCUT2D eigenvalue weighted by Crippen LogP contribution is 2.21. The molecule has 0 radical (unpaired) electrons. The summed E-state index contributed by atoms with van der Waals surface area (Å²) in [7, 11) is 0. The summed E-state index contributed by atoms with van der Waals surface area (Å²) < 4.78 is 0. The Morgan fingerprint density at radius 1 is 1.08 bits per heavy atom. The van der Waals surface area contributed by atoms with Crippen molar-refractivity contribution < 1.29 is 4.79 Å². The molecule has 1 aliphatic rings. The smallest absolute Gasteiger partial charge is 0.219 e. The first-order valence-corrected chi connectivity index (χ1v) is 8.21. The summed E-state index contributed by atoms with van der Waals surface area (Å²) in [6.07, 6.45) is 0. The number of aromatic nitrogens is 2. The SMILES string of the molecule is CC(=O)N1CCN(c2cc(Nc3cccc(C)c3)nc(C)n2)CC1. The van der Waals surface area contributed by atoms with Crippen molar-refractivity contribution >= 4 is 23.2 Å².